The largest absolute Gasteiger partial charge is 0.481 e. The van der Waals surface area contributed by atoms with Gasteiger partial charge in [0, 0.05) is 24.6 Å². The summed E-state index contributed by atoms with van der Waals surface area (Å²) in [4.78, 5) is 24.9. The maximum Gasteiger partial charge on any atom is 0.317 e. The number of carbonyl (C=O) groups excluding carboxylic acids is 1. The molecule has 1 atom stereocenters. The zero-order chi connectivity index (χ0) is 15.2. The second kappa shape index (κ2) is 7.92. The van der Waals surface area contributed by atoms with E-state index in [9.17, 15) is 9.59 Å². The summed E-state index contributed by atoms with van der Waals surface area (Å²) in [6, 6.07) is -0.257. The predicted octanol–water partition coefficient (Wildman–Crippen LogP) is 2.41. The standard InChI is InChI=1S/C15H26N2O3S/c1-11-2-4-12(5-3-11)9-16-15(20)17-6-7-21-10-13(17)8-14(18)19/h11-13H,2-10H2,1H3,(H,16,20)(H,18,19). The van der Waals surface area contributed by atoms with E-state index in [-0.39, 0.29) is 18.5 Å². The first-order valence-electron chi connectivity index (χ1n) is 7.90. The maximum atomic E-state index is 12.3. The van der Waals surface area contributed by atoms with Crippen molar-refractivity contribution in [3.05, 3.63) is 0 Å². The van der Waals surface area contributed by atoms with Crippen molar-refractivity contribution in [2.75, 3.05) is 24.6 Å². The Morgan fingerprint density at radius 3 is 2.67 bits per heavy atom. The number of carboxylic acid groups (broad SMARTS) is 1. The number of hydrogen-bond donors (Lipinski definition) is 2. The molecule has 0 aromatic heterocycles. The van der Waals surface area contributed by atoms with Gasteiger partial charge in [0.2, 0.25) is 0 Å². The molecular weight excluding hydrogens is 288 g/mol. The molecule has 2 amide bonds. The van der Waals surface area contributed by atoms with Crippen LogP contribution in [0.2, 0.25) is 0 Å². The topological polar surface area (TPSA) is 69.6 Å². The molecule has 1 saturated heterocycles. The lowest BCUT2D eigenvalue weighted by Gasteiger charge is -2.35. The van der Waals surface area contributed by atoms with Crippen LogP contribution in [0.4, 0.5) is 4.79 Å². The van der Waals surface area contributed by atoms with Crippen molar-refractivity contribution in [2.45, 2.75) is 45.1 Å². The molecule has 21 heavy (non-hydrogen) atoms. The average Bonchev–Trinajstić information content (AvgIpc) is 2.46. The molecule has 0 aromatic rings. The van der Waals surface area contributed by atoms with Gasteiger partial charge in [0.1, 0.15) is 0 Å². The van der Waals surface area contributed by atoms with Gasteiger partial charge in [0.05, 0.1) is 12.5 Å². The molecule has 2 rings (SSSR count). The number of rotatable bonds is 4. The van der Waals surface area contributed by atoms with Crippen molar-refractivity contribution in [1.82, 2.24) is 10.2 Å². The van der Waals surface area contributed by atoms with Crippen LogP contribution in [0.3, 0.4) is 0 Å². The normalized spacial score (nSPS) is 30.0. The van der Waals surface area contributed by atoms with E-state index in [1.165, 1.54) is 25.7 Å². The molecule has 5 nitrogen and oxygen atoms in total. The fourth-order valence-electron chi connectivity index (χ4n) is 3.16. The highest BCUT2D eigenvalue weighted by atomic mass is 32.2. The van der Waals surface area contributed by atoms with Crippen LogP contribution in [0.5, 0.6) is 0 Å². The molecule has 2 aliphatic rings. The summed E-state index contributed by atoms with van der Waals surface area (Å²) in [5.74, 6) is 2.19. The van der Waals surface area contributed by atoms with Gasteiger partial charge in [-0.05, 0) is 24.7 Å². The van der Waals surface area contributed by atoms with Gasteiger partial charge in [0.15, 0.2) is 0 Å². The molecule has 120 valence electrons. The molecule has 2 fully saturated rings. The second-order valence-corrected chi connectivity index (χ2v) is 7.48. The summed E-state index contributed by atoms with van der Waals surface area (Å²) in [5, 5.41) is 12.0. The quantitative estimate of drug-likeness (QED) is 0.836. The number of amides is 2. The Morgan fingerprint density at radius 2 is 2.00 bits per heavy atom. The van der Waals surface area contributed by atoms with Crippen molar-refractivity contribution < 1.29 is 14.7 Å². The first kappa shape index (κ1) is 16.5. The molecule has 6 heteroatoms. The second-order valence-electron chi connectivity index (χ2n) is 6.33. The zero-order valence-corrected chi connectivity index (χ0v) is 13.5. The Kier molecular flexibility index (Phi) is 6.21. The number of hydrogen-bond acceptors (Lipinski definition) is 3. The van der Waals surface area contributed by atoms with E-state index in [4.69, 9.17) is 5.11 Å². The number of urea groups is 1. The third-order valence-corrected chi connectivity index (χ3v) is 5.67. The third-order valence-electron chi connectivity index (χ3n) is 4.58. The van der Waals surface area contributed by atoms with E-state index < -0.39 is 5.97 Å². The van der Waals surface area contributed by atoms with Crippen molar-refractivity contribution >= 4 is 23.8 Å². The van der Waals surface area contributed by atoms with Gasteiger partial charge in [-0.1, -0.05) is 19.8 Å². The molecule has 0 bridgehead atoms. The number of nitrogens with zero attached hydrogens (tertiary/aromatic N) is 1. The van der Waals surface area contributed by atoms with Crippen LogP contribution < -0.4 is 5.32 Å². The van der Waals surface area contributed by atoms with Crippen molar-refractivity contribution in [3.63, 3.8) is 0 Å². The number of carbonyl (C=O) groups is 2. The smallest absolute Gasteiger partial charge is 0.317 e. The lowest BCUT2D eigenvalue weighted by Crippen LogP contribution is -2.52. The SMILES string of the molecule is CC1CCC(CNC(=O)N2CCSCC2CC(=O)O)CC1. The molecule has 0 radical (unpaired) electrons. The number of carboxylic acids is 1. The highest BCUT2D eigenvalue weighted by Gasteiger charge is 2.29. The Morgan fingerprint density at radius 1 is 1.29 bits per heavy atom. The van der Waals surface area contributed by atoms with E-state index in [0.717, 1.165) is 24.0 Å². The van der Waals surface area contributed by atoms with E-state index >= 15 is 0 Å². The van der Waals surface area contributed by atoms with E-state index in [1.54, 1.807) is 16.7 Å². The lowest BCUT2D eigenvalue weighted by atomic mass is 9.83. The summed E-state index contributed by atoms with van der Waals surface area (Å²) < 4.78 is 0. The molecule has 1 saturated carbocycles. The molecule has 0 aromatic carbocycles. The average molecular weight is 314 g/mol. The minimum Gasteiger partial charge on any atom is -0.481 e. The number of thioether (sulfide) groups is 1. The number of aliphatic carboxylic acids is 1. The fourth-order valence-corrected chi connectivity index (χ4v) is 4.22. The molecule has 1 aliphatic heterocycles. The highest BCUT2D eigenvalue weighted by Crippen LogP contribution is 2.27. The Labute approximate surface area is 130 Å². The molecule has 2 N–H and O–H groups in total. The molecular formula is C15H26N2O3S. The van der Waals surface area contributed by atoms with Crippen LogP contribution in [0.25, 0.3) is 0 Å². The molecule has 0 spiro atoms. The minimum absolute atomic E-state index is 0.0430. The monoisotopic (exact) mass is 314 g/mol. The fraction of sp³-hybridized carbons (Fsp3) is 0.867. The van der Waals surface area contributed by atoms with Crippen LogP contribution in [0, 0.1) is 11.8 Å². The number of nitrogens with one attached hydrogen (secondary N) is 1. The first-order chi connectivity index (χ1) is 10.1. The van der Waals surface area contributed by atoms with E-state index in [1.807, 2.05) is 0 Å². The van der Waals surface area contributed by atoms with Gasteiger partial charge in [-0.2, -0.15) is 11.8 Å². The summed E-state index contributed by atoms with van der Waals surface area (Å²) in [6.07, 6.45) is 4.93. The van der Waals surface area contributed by atoms with Crippen LogP contribution in [0.1, 0.15) is 39.0 Å². The van der Waals surface area contributed by atoms with Gasteiger partial charge < -0.3 is 15.3 Å². The Hall–Kier alpha value is -0.910. The van der Waals surface area contributed by atoms with E-state index in [0.29, 0.717) is 12.5 Å². The maximum absolute atomic E-state index is 12.3. The van der Waals surface area contributed by atoms with Crippen molar-refractivity contribution in [2.24, 2.45) is 11.8 Å². The van der Waals surface area contributed by atoms with Crippen LogP contribution in [0.15, 0.2) is 0 Å². The third kappa shape index (κ3) is 5.09. The minimum atomic E-state index is -0.832. The summed E-state index contributed by atoms with van der Waals surface area (Å²) in [5.41, 5.74) is 0. The summed E-state index contributed by atoms with van der Waals surface area (Å²) >= 11 is 1.73. The van der Waals surface area contributed by atoms with Crippen LogP contribution in [-0.4, -0.2) is 52.6 Å². The first-order valence-corrected chi connectivity index (χ1v) is 9.05. The Bertz CT molecular complexity index is 370. The van der Waals surface area contributed by atoms with Crippen LogP contribution >= 0.6 is 11.8 Å². The van der Waals surface area contributed by atoms with Gasteiger partial charge in [-0.15, -0.1) is 0 Å². The van der Waals surface area contributed by atoms with Gasteiger partial charge in [0.25, 0.3) is 0 Å². The molecule has 1 unspecified atom stereocenters. The van der Waals surface area contributed by atoms with Crippen molar-refractivity contribution in [1.29, 1.82) is 0 Å². The van der Waals surface area contributed by atoms with Gasteiger partial charge >= 0.3 is 12.0 Å². The predicted molar refractivity (Wildman–Crippen MR) is 84.6 cm³/mol. The van der Waals surface area contributed by atoms with Crippen LogP contribution in [-0.2, 0) is 4.79 Å². The van der Waals surface area contributed by atoms with Gasteiger partial charge in [-0.25, -0.2) is 4.79 Å². The summed E-state index contributed by atoms with van der Waals surface area (Å²) in [7, 11) is 0. The highest BCUT2D eigenvalue weighted by molar-refractivity contribution is 7.99. The lowest BCUT2D eigenvalue weighted by molar-refractivity contribution is -0.138. The molecule has 1 aliphatic carbocycles. The Balaban J connectivity index is 1.79. The summed E-state index contributed by atoms with van der Waals surface area (Å²) in [6.45, 7) is 3.67. The molecule has 1 heterocycles. The van der Waals surface area contributed by atoms with Crippen molar-refractivity contribution in [3.8, 4) is 0 Å². The van der Waals surface area contributed by atoms with Gasteiger partial charge in [-0.3, -0.25) is 4.79 Å². The van der Waals surface area contributed by atoms with E-state index in [2.05, 4.69) is 12.2 Å². The zero-order valence-electron chi connectivity index (χ0n) is 12.7.